The summed E-state index contributed by atoms with van der Waals surface area (Å²) in [6.07, 6.45) is 0. The molecule has 6 nitrogen and oxygen atoms in total. The van der Waals surface area contributed by atoms with Crippen LogP contribution in [-0.2, 0) is 4.74 Å². The lowest BCUT2D eigenvalue weighted by atomic mass is 9.93. The summed E-state index contributed by atoms with van der Waals surface area (Å²) in [5.74, 6) is -1.75. The number of nitrogens with zero attached hydrogens (tertiary/aromatic N) is 1. The van der Waals surface area contributed by atoms with E-state index in [-0.39, 0.29) is 16.8 Å². The number of ether oxygens (including phenoxy) is 1. The van der Waals surface area contributed by atoms with Gasteiger partial charge in [0.25, 0.3) is 5.69 Å². The molecule has 0 unspecified atom stereocenters. The lowest BCUT2D eigenvalue weighted by molar-refractivity contribution is -0.385. The third-order valence-electron chi connectivity index (χ3n) is 3.12. The minimum absolute atomic E-state index is 0.0183. The van der Waals surface area contributed by atoms with Crippen LogP contribution < -0.4 is 0 Å². The Kier molecular flexibility index (Phi) is 2.23. The van der Waals surface area contributed by atoms with Crippen molar-refractivity contribution in [2.75, 3.05) is 0 Å². The highest BCUT2D eigenvalue weighted by Crippen LogP contribution is 2.36. The number of hydrogen-bond donors (Lipinski definition) is 0. The first-order valence-electron chi connectivity index (χ1n) is 4.91. The van der Waals surface area contributed by atoms with Crippen LogP contribution in [0.1, 0.15) is 37.4 Å². The predicted molar refractivity (Wildman–Crippen MR) is 57.1 cm³/mol. The zero-order chi connectivity index (χ0) is 12.9. The Morgan fingerprint density at radius 2 is 1.47 bits per heavy atom. The van der Waals surface area contributed by atoms with Crippen molar-refractivity contribution in [1.82, 2.24) is 0 Å². The maximum absolute atomic E-state index is 11.5. The second-order valence-electron chi connectivity index (χ2n) is 3.91. The van der Waals surface area contributed by atoms with Gasteiger partial charge < -0.3 is 4.74 Å². The number of benzene rings is 1. The van der Waals surface area contributed by atoms with E-state index in [9.17, 15) is 19.7 Å². The third kappa shape index (κ3) is 1.33. The van der Waals surface area contributed by atoms with Crippen LogP contribution in [0.5, 0.6) is 0 Å². The van der Waals surface area contributed by atoms with E-state index < -0.39 is 16.9 Å². The lowest BCUT2D eigenvalue weighted by Gasteiger charge is -2.08. The van der Waals surface area contributed by atoms with Crippen LogP contribution in [0.25, 0.3) is 0 Å². The van der Waals surface area contributed by atoms with Gasteiger partial charge in [0.1, 0.15) is 0 Å². The van der Waals surface area contributed by atoms with Gasteiger partial charge >= 0.3 is 11.9 Å². The third-order valence-corrected chi connectivity index (χ3v) is 3.12. The molecule has 0 bridgehead atoms. The molecule has 0 aromatic heterocycles. The van der Waals surface area contributed by atoms with Crippen LogP contribution in [0.3, 0.4) is 0 Å². The quantitative estimate of drug-likeness (QED) is 0.321. The lowest BCUT2D eigenvalue weighted by Crippen LogP contribution is -2.06. The van der Waals surface area contributed by atoms with Crippen LogP contribution in [0.15, 0.2) is 0 Å². The van der Waals surface area contributed by atoms with Crippen molar-refractivity contribution in [1.29, 1.82) is 0 Å². The molecule has 0 fully saturated rings. The van der Waals surface area contributed by atoms with E-state index in [0.29, 0.717) is 16.7 Å². The second-order valence-corrected chi connectivity index (χ2v) is 3.91. The smallest absolute Gasteiger partial charge is 0.353 e. The van der Waals surface area contributed by atoms with E-state index in [2.05, 4.69) is 4.74 Å². The van der Waals surface area contributed by atoms with Crippen molar-refractivity contribution in [2.24, 2.45) is 0 Å². The van der Waals surface area contributed by atoms with Gasteiger partial charge in [-0.05, 0) is 31.9 Å². The zero-order valence-electron chi connectivity index (χ0n) is 9.49. The SMILES string of the molecule is Cc1c(C)c2c(c([N+](=O)[O-])c1C)C(=O)OC2=O. The van der Waals surface area contributed by atoms with Gasteiger partial charge in [-0.25, -0.2) is 9.59 Å². The fourth-order valence-electron chi connectivity index (χ4n) is 2.01. The molecule has 0 amide bonds. The van der Waals surface area contributed by atoms with Crippen molar-refractivity contribution in [2.45, 2.75) is 20.8 Å². The summed E-state index contributed by atoms with van der Waals surface area (Å²) in [6, 6.07) is 0. The van der Waals surface area contributed by atoms with Gasteiger partial charge in [-0.3, -0.25) is 10.1 Å². The Hall–Kier alpha value is -2.24. The molecule has 0 N–H and O–H groups in total. The highest BCUT2D eigenvalue weighted by molar-refractivity contribution is 6.18. The van der Waals surface area contributed by atoms with Gasteiger partial charge in [0.15, 0.2) is 5.56 Å². The van der Waals surface area contributed by atoms with Crippen LogP contribution >= 0.6 is 0 Å². The number of fused-ring (bicyclic) bond motifs is 1. The topological polar surface area (TPSA) is 86.5 Å². The Labute approximate surface area is 96.3 Å². The van der Waals surface area contributed by atoms with Gasteiger partial charge in [0.2, 0.25) is 0 Å². The molecular weight excluding hydrogens is 226 g/mol. The molecule has 1 aliphatic rings. The van der Waals surface area contributed by atoms with Crippen molar-refractivity contribution < 1.29 is 19.2 Å². The maximum atomic E-state index is 11.5. The number of carbonyl (C=O) groups excluding carboxylic acids is 2. The highest BCUT2D eigenvalue weighted by atomic mass is 16.6. The Bertz CT molecular complexity index is 588. The summed E-state index contributed by atoms with van der Waals surface area (Å²) >= 11 is 0. The number of carbonyl (C=O) groups is 2. The standard InChI is InChI=1S/C11H9NO5/c1-4-5(2)7-8(11(14)17-10(7)13)9(6(4)3)12(15)16/h1-3H3. The van der Waals surface area contributed by atoms with Crippen LogP contribution in [0, 0.1) is 30.9 Å². The van der Waals surface area contributed by atoms with Gasteiger partial charge in [-0.15, -0.1) is 0 Å². The molecule has 17 heavy (non-hydrogen) atoms. The van der Waals surface area contributed by atoms with E-state index in [4.69, 9.17) is 0 Å². The number of hydrogen-bond acceptors (Lipinski definition) is 5. The van der Waals surface area contributed by atoms with E-state index in [1.54, 1.807) is 20.8 Å². The molecule has 0 saturated heterocycles. The zero-order valence-corrected chi connectivity index (χ0v) is 9.49. The normalized spacial score (nSPS) is 13.6. The van der Waals surface area contributed by atoms with Crippen LogP contribution in [-0.4, -0.2) is 16.9 Å². The molecular formula is C11H9NO5. The molecule has 0 saturated carbocycles. The number of rotatable bonds is 1. The van der Waals surface area contributed by atoms with E-state index in [1.165, 1.54) is 0 Å². The molecule has 6 heteroatoms. The average Bonchev–Trinajstić information content (AvgIpc) is 2.51. The number of cyclic esters (lactones) is 2. The molecule has 1 aromatic rings. The number of nitro benzene ring substituents is 1. The largest absolute Gasteiger partial charge is 0.385 e. The minimum Gasteiger partial charge on any atom is -0.385 e. The van der Waals surface area contributed by atoms with Crippen molar-refractivity contribution in [3.05, 3.63) is 37.9 Å². The first-order valence-corrected chi connectivity index (χ1v) is 4.91. The molecule has 1 aromatic carbocycles. The molecule has 0 atom stereocenters. The summed E-state index contributed by atoms with van der Waals surface area (Å²) in [4.78, 5) is 33.3. The minimum atomic E-state index is -0.942. The van der Waals surface area contributed by atoms with E-state index in [0.717, 1.165) is 0 Å². The summed E-state index contributed by atoms with van der Waals surface area (Å²) < 4.78 is 4.43. The first kappa shape index (κ1) is 11.3. The van der Waals surface area contributed by atoms with Crippen molar-refractivity contribution in [3.8, 4) is 0 Å². The summed E-state index contributed by atoms with van der Waals surface area (Å²) in [6.45, 7) is 4.87. The fourth-order valence-corrected chi connectivity index (χ4v) is 2.01. The highest BCUT2D eigenvalue weighted by Gasteiger charge is 2.40. The molecule has 0 aliphatic carbocycles. The number of nitro groups is 1. The molecule has 1 aliphatic heterocycles. The number of esters is 2. The molecule has 88 valence electrons. The average molecular weight is 235 g/mol. The van der Waals surface area contributed by atoms with Crippen LogP contribution in [0.4, 0.5) is 5.69 Å². The monoisotopic (exact) mass is 235 g/mol. The molecule has 1 heterocycles. The van der Waals surface area contributed by atoms with Crippen molar-refractivity contribution in [3.63, 3.8) is 0 Å². The molecule has 2 rings (SSSR count). The molecule has 0 radical (unpaired) electrons. The second kappa shape index (κ2) is 3.38. The van der Waals surface area contributed by atoms with Gasteiger partial charge in [0.05, 0.1) is 10.5 Å². The first-order chi connectivity index (χ1) is 7.86. The Balaban J connectivity index is 2.97. The summed E-state index contributed by atoms with van der Waals surface area (Å²) in [5, 5.41) is 11.0. The Morgan fingerprint density at radius 1 is 0.941 bits per heavy atom. The van der Waals surface area contributed by atoms with Gasteiger partial charge in [-0.1, -0.05) is 0 Å². The van der Waals surface area contributed by atoms with Gasteiger partial charge in [0, 0.05) is 5.56 Å². The van der Waals surface area contributed by atoms with Gasteiger partial charge in [-0.2, -0.15) is 0 Å². The summed E-state index contributed by atoms with van der Waals surface area (Å²) in [7, 11) is 0. The Morgan fingerprint density at radius 3 is 2.00 bits per heavy atom. The molecule has 0 spiro atoms. The van der Waals surface area contributed by atoms with Crippen LogP contribution in [0.2, 0.25) is 0 Å². The van der Waals surface area contributed by atoms with E-state index in [1.807, 2.05) is 0 Å². The summed E-state index contributed by atoms with van der Waals surface area (Å²) in [5.41, 5.74) is 1.03. The fraction of sp³-hybridized carbons (Fsp3) is 0.273. The van der Waals surface area contributed by atoms with E-state index >= 15 is 0 Å². The van der Waals surface area contributed by atoms with Crippen molar-refractivity contribution >= 4 is 17.6 Å². The maximum Gasteiger partial charge on any atom is 0.353 e. The predicted octanol–water partition coefficient (Wildman–Crippen LogP) is 1.83.